The molecule has 4 heteroatoms. The zero-order valence-corrected chi connectivity index (χ0v) is 13.0. The van der Waals surface area contributed by atoms with Gasteiger partial charge in [0.15, 0.2) is 11.5 Å². The van der Waals surface area contributed by atoms with Crippen LogP contribution in [0, 0.1) is 0 Å². The number of carboxylic acid groups (broad SMARTS) is 1. The van der Waals surface area contributed by atoms with Gasteiger partial charge < -0.3 is 19.7 Å². The first-order valence-electron chi connectivity index (χ1n) is 6.63. The Balaban J connectivity index is 3.39. The van der Waals surface area contributed by atoms with Crippen molar-refractivity contribution >= 4 is 5.97 Å². The Kier molecular flexibility index (Phi) is 4.37. The number of carbonyl (C=O) groups excluding carboxylic acids is 1. The van der Waals surface area contributed by atoms with Crippen LogP contribution >= 0.6 is 0 Å². The van der Waals surface area contributed by atoms with Gasteiger partial charge in [-0.1, -0.05) is 47.6 Å². The molecular formula is C16H23O4-. The number of phenols is 1. The summed E-state index contributed by atoms with van der Waals surface area (Å²) in [6, 6.07) is 3.63. The van der Waals surface area contributed by atoms with Crippen molar-refractivity contribution in [3.63, 3.8) is 0 Å². The Bertz CT molecular complexity index is 504. The highest BCUT2D eigenvalue weighted by atomic mass is 16.5. The van der Waals surface area contributed by atoms with E-state index in [0.717, 1.165) is 11.1 Å². The van der Waals surface area contributed by atoms with Crippen LogP contribution < -0.4 is 9.84 Å². The van der Waals surface area contributed by atoms with E-state index in [0.29, 0.717) is 0 Å². The highest BCUT2D eigenvalue weighted by Crippen LogP contribution is 2.41. The monoisotopic (exact) mass is 279 g/mol. The van der Waals surface area contributed by atoms with Crippen molar-refractivity contribution in [2.75, 3.05) is 6.61 Å². The van der Waals surface area contributed by atoms with E-state index in [-0.39, 0.29) is 22.3 Å². The number of aromatic hydroxyl groups is 1. The lowest BCUT2D eigenvalue weighted by atomic mass is 9.80. The third kappa shape index (κ3) is 3.89. The fraction of sp³-hybridized carbons (Fsp3) is 0.562. The van der Waals surface area contributed by atoms with E-state index < -0.39 is 12.6 Å². The summed E-state index contributed by atoms with van der Waals surface area (Å²) in [5, 5.41) is 20.8. The molecule has 0 fully saturated rings. The van der Waals surface area contributed by atoms with Crippen LogP contribution in [-0.4, -0.2) is 17.7 Å². The molecule has 0 aliphatic heterocycles. The zero-order chi connectivity index (χ0) is 15.7. The van der Waals surface area contributed by atoms with Crippen LogP contribution in [0.3, 0.4) is 0 Å². The minimum absolute atomic E-state index is 0.00764. The van der Waals surface area contributed by atoms with Gasteiger partial charge in [0.2, 0.25) is 0 Å². The lowest BCUT2D eigenvalue weighted by molar-refractivity contribution is -0.307. The molecular weight excluding hydrogens is 256 g/mol. The Hall–Kier alpha value is -1.71. The van der Waals surface area contributed by atoms with Crippen molar-refractivity contribution in [2.24, 2.45) is 0 Å². The van der Waals surface area contributed by atoms with Gasteiger partial charge in [0, 0.05) is 5.56 Å². The molecule has 1 aromatic rings. The van der Waals surface area contributed by atoms with Crippen LogP contribution in [0.2, 0.25) is 0 Å². The van der Waals surface area contributed by atoms with E-state index in [1.165, 1.54) is 0 Å². The number of carbonyl (C=O) groups is 1. The molecule has 0 spiro atoms. The van der Waals surface area contributed by atoms with Gasteiger partial charge in [0.05, 0.1) is 5.97 Å². The van der Waals surface area contributed by atoms with E-state index >= 15 is 0 Å². The molecule has 0 atom stereocenters. The molecule has 1 N–H and O–H groups in total. The average molecular weight is 279 g/mol. The van der Waals surface area contributed by atoms with Gasteiger partial charge in [-0.05, 0) is 22.5 Å². The number of phenolic OH excluding ortho intramolecular Hbond substituents is 1. The molecule has 0 heterocycles. The van der Waals surface area contributed by atoms with Gasteiger partial charge in [0.1, 0.15) is 6.61 Å². The van der Waals surface area contributed by atoms with Gasteiger partial charge in [-0.15, -0.1) is 0 Å². The van der Waals surface area contributed by atoms with Gasteiger partial charge in [-0.2, -0.15) is 0 Å². The third-order valence-electron chi connectivity index (χ3n) is 3.09. The number of ether oxygens (including phenoxy) is 1. The topological polar surface area (TPSA) is 69.6 Å². The standard InChI is InChI=1S/C16H24O4/c1-15(2,3)10-7-11(16(4,5)6)14(19)12(8-10)20-9-13(17)18/h7-8,19H,9H2,1-6H3,(H,17,18)/p-1. The number of rotatable bonds is 3. The molecule has 0 saturated heterocycles. The zero-order valence-electron chi connectivity index (χ0n) is 13.0. The number of carboxylic acids is 1. The van der Waals surface area contributed by atoms with Crippen LogP contribution in [0.1, 0.15) is 52.7 Å². The second-order valence-electron chi connectivity index (χ2n) is 7.03. The summed E-state index contributed by atoms with van der Waals surface area (Å²) in [5.74, 6) is -1.14. The smallest absolute Gasteiger partial charge is 0.162 e. The minimum Gasteiger partial charge on any atom is -0.546 e. The lowest BCUT2D eigenvalue weighted by Gasteiger charge is -2.27. The van der Waals surface area contributed by atoms with E-state index in [2.05, 4.69) is 0 Å². The highest BCUT2D eigenvalue weighted by Gasteiger charge is 2.25. The minimum atomic E-state index is -1.32. The molecule has 0 radical (unpaired) electrons. The van der Waals surface area contributed by atoms with Gasteiger partial charge >= 0.3 is 0 Å². The van der Waals surface area contributed by atoms with Crippen LogP contribution in [0.15, 0.2) is 12.1 Å². The van der Waals surface area contributed by atoms with Crippen LogP contribution in [0.4, 0.5) is 0 Å². The quantitative estimate of drug-likeness (QED) is 0.920. The number of aliphatic carboxylic acids is 1. The summed E-state index contributed by atoms with van der Waals surface area (Å²) in [6.07, 6.45) is 0. The number of hydrogen-bond donors (Lipinski definition) is 1. The van der Waals surface area contributed by atoms with Gasteiger partial charge in [-0.25, -0.2) is 0 Å². The number of hydrogen-bond acceptors (Lipinski definition) is 4. The van der Waals surface area contributed by atoms with Crippen LogP contribution in [0.25, 0.3) is 0 Å². The molecule has 0 saturated carbocycles. The molecule has 0 aliphatic carbocycles. The lowest BCUT2D eigenvalue weighted by Crippen LogP contribution is -2.29. The first-order valence-corrected chi connectivity index (χ1v) is 6.63. The molecule has 20 heavy (non-hydrogen) atoms. The molecule has 0 aromatic heterocycles. The molecule has 0 aliphatic rings. The van der Waals surface area contributed by atoms with Crippen LogP contribution in [-0.2, 0) is 15.6 Å². The maximum Gasteiger partial charge on any atom is 0.162 e. The van der Waals surface area contributed by atoms with E-state index in [1.807, 2.05) is 47.6 Å². The summed E-state index contributed by atoms with van der Waals surface area (Å²) in [4.78, 5) is 10.5. The Labute approximate surface area is 120 Å². The molecule has 1 aromatic carbocycles. The predicted octanol–water partition coefficient (Wildman–Crippen LogP) is 2.12. The second-order valence-corrected chi connectivity index (χ2v) is 7.03. The summed E-state index contributed by atoms with van der Waals surface area (Å²) < 4.78 is 5.16. The second kappa shape index (κ2) is 5.35. The Morgan fingerprint density at radius 3 is 2.10 bits per heavy atom. The molecule has 112 valence electrons. The van der Waals surface area contributed by atoms with E-state index in [4.69, 9.17) is 4.74 Å². The molecule has 0 unspecified atom stereocenters. The van der Waals surface area contributed by atoms with Crippen molar-refractivity contribution in [1.82, 2.24) is 0 Å². The molecule has 0 amide bonds. The summed E-state index contributed by atoms with van der Waals surface area (Å²) in [5.41, 5.74) is 1.31. The Morgan fingerprint density at radius 2 is 1.70 bits per heavy atom. The maximum absolute atomic E-state index is 10.5. The van der Waals surface area contributed by atoms with Crippen molar-refractivity contribution in [2.45, 2.75) is 52.4 Å². The van der Waals surface area contributed by atoms with Crippen molar-refractivity contribution in [1.29, 1.82) is 0 Å². The normalized spacial score (nSPS) is 12.3. The van der Waals surface area contributed by atoms with Gasteiger partial charge in [0.25, 0.3) is 0 Å². The maximum atomic E-state index is 10.5. The van der Waals surface area contributed by atoms with Crippen molar-refractivity contribution in [3.8, 4) is 11.5 Å². The predicted molar refractivity (Wildman–Crippen MR) is 76.0 cm³/mol. The molecule has 1 rings (SSSR count). The Morgan fingerprint density at radius 1 is 1.15 bits per heavy atom. The summed E-state index contributed by atoms with van der Waals surface area (Å²) in [6.45, 7) is 11.5. The van der Waals surface area contributed by atoms with E-state index in [9.17, 15) is 15.0 Å². The molecule has 4 nitrogen and oxygen atoms in total. The third-order valence-corrected chi connectivity index (χ3v) is 3.09. The number of benzene rings is 1. The SMILES string of the molecule is CC(C)(C)c1cc(OCC(=O)[O-])c(O)c(C(C)(C)C)c1. The van der Waals surface area contributed by atoms with E-state index in [1.54, 1.807) is 6.07 Å². The first kappa shape index (κ1) is 16.3. The molecule has 0 bridgehead atoms. The first-order chi connectivity index (χ1) is 8.93. The summed E-state index contributed by atoms with van der Waals surface area (Å²) in [7, 11) is 0. The fourth-order valence-electron chi connectivity index (χ4n) is 1.86. The van der Waals surface area contributed by atoms with Gasteiger partial charge in [-0.3, -0.25) is 0 Å². The highest BCUT2D eigenvalue weighted by molar-refractivity contribution is 5.66. The van der Waals surface area contributed by atoms with Crippen molar-refractivity contribution in [3.05, 3.63) is 23.3 Å². The summed E-state index contributed by atoms with van der Waals surface area (Å²) >= 11 is 0. The van der Waals surface area contributed by atoms with Crippen molar-refractivity contribution < 1.29 is 19.7 Å². The van der Waals surface area contributed by atoms with Crippen LogP contribution in [0.5, 0.6) is 11.5 Å². The largest absolute Gasteiger partial charge is 0.546 e. The average Bonchev–Trinajstić information content (AvgIpc) is 2.24. The fourth-order valence-corrected chi connectivity index (χ4v) is 1.86.